The molecule has 3 N–H and O–H groups in total. The van der Waals surface area contributed by atoms with Crippen LogP contribution in [0.25, 0.3) is 0 Å². The zero-order valence-electron chi connectivity index (χ0n) is 12.9. The maximum atomic E-state index is 5.95. The van der Waals surface area contributed by atoms with Crippen molar-refractivity contribution in [1.82, 2.24) is 0 Å². The molecule has 1 aliphatic heterocycles. The number of nitrogens with zero attached hydrogens (tertiary/aromatic N) is 1. The van der Waals surface area contributed by atoms with E-state index in [1.807, 2.05) is 18.2 Å². The van der Waals surface area contributed by atoms with Crippen molar-refractivity contribution in [1.29, 1.82) is 0 Å². The Balaban J connectivity index is 1.60. The minimum atomic E-state index is 0.170. The molecule has 1 atom stereocenters. The number of hydrogen-bond donors (Lipinski definition) is 2. The number of ether oxygens (including phenoxy) is 3. The van der Waals surface area contributed by atoms with Crippen LogP contribution in [0.4, 0.5) is 5.69 Å². The Morgan fingerprint density at radius 3 is 2.86 bits per heavy atom. The average Bonchev–Trinajstić information content (AvgIpc) is 3.34. The summed E-state index contributed by atoms with van der Waals surface area (Å²) in [4.78, 5) is 4.37. The zero-order chi connectivity index (χ0) is 15.4. The fourth-order valence-electron chi connectivity index (χ4n) is 2.50. The van der Waals surface area contributed by atoms with E-state index in [1.165, 1.54) is 12.8 Å². The number of aliphatic imine (C=N–C) groups is 1. The van der Waals surface area contributed by atoms with Crippen molar-refractivity contribution >= 4 is 11.6 Å². The second-order valence-electron chi connectivity index (χ2n) is 5.67. The van der Waals surface area contributed by atoms with Crippen LogP contribution < -0.4 is 20.5 Å². The number of fused-ring (bicyclic) bond motifs is 1. The van der Waals surface area contributed by atoms with E-state index in [0.29, 0.717) is 31.6 Å². The van der Waals surface area contributed by atoms with Crippen LogP contribution in [0.15, 0.2) is 23.2 Å². The first-order chi connectivity index (χ1) is 10.8. The van der Waals surface area contributed by atoms with E-state index in [0.717, 1.165) is 23.6 Å². The van der Waals surface area contributed by atoms with E-state index in [2.05, 4.69) is 10.3 Å². The van der Waals surface area contributed by atoms with E-state index in [1.54, 1.807) is 7.11 Å². The van der Waals surface area contributed by atoms with Gasteiger partial charge in [0.25, 0.3) is 0 Å². The predicted octanol–water partition coefficient (Wildman–Crippen LogP) is 2.00. The Kier molecular flexibility index (Phi) is 4.68. The third-order valence-electron chi connectivity index (χ3n) is 3.91. The highest BCUT2D eigenvalue weighted by Gasteiger charge is 2.30. The molecule has 22 heavy (non-hydrogen) atoms. The van der Waals surface area contributed by atoms with Crippen molar-refractivity contribution in [3.05, 3.63) is 18.2 Å². The lowest BCUT2D eigenvalue weighted by atomic mass is 10.2. The standard InChI is InChI=1S/C16H23N3O3/c1-20-15(11-3-4-11)10-18-16(17)19-12-5-6-13-14(9-12)22-8-2-7-21-13/h5-6,9,11,15H,2-4,7-8,10H2,1H3,(H3,17,18,19). The van der Waals surface area contributed by atoms with Gasteiger partial charge in [-0.05, 0) is 30.9 Å². The smallest absolute Gasteiger partial charge is 0.193 e. The molecule has 0 radical (unpaired) electrons. The summed E-state index contributed by atoms with van der Waals surface area (Å²) in [6.45, 7) is 1.93. The Labute approximate surface area is 130 Å². The number of benzene rings is 1. The van der Waals surface area contributed by atoms with Gasteiger partial charge in [-0.15, -0.1) is 0 Å². The van der Waals surface area contributed by atoms with Gasteiger partial charge in [-0.25, -0.2) is 0 Å². The number of rotatable bonds is 5. The maximum absolute atomic E-state index is 5.95. The molecule has 0 aromatic heterocycles. The molecule has 120 valence electrons. The number of guanidine groups is 1. The van der Waals surface area contributed by atoms with Crippen LogP contribution >= 0.6 is 0 Å². The number of nitrogens with two attached hydrogens (primary N) is 1. The normalized spacial score (nSPS) is 19.4. The fraction of sp³-hybridized carbons (Fsp3) is 0.562. The Morgan fingerprint density at radius 2 is 2.14 bits per heavy atom. The Morgan fingerprint density at radius 1 is 1.36 bits per heavy atom. The third-order valence-corrected chi connectivity index (χ3v) is 3.91. The van der Waals surface area contributed by atoms with Gasteiger partial charge in [-0.2, -0.15) is 0 Å². The lowest BCUT2D eigenvalue weighted by molar-refractivity contribution is 0.0919. The van der Waals surface area contributed by atoms with Gasteiger partial charge in [0.1, 0.15) is 0 Å². The van der Waals surface area contributed by atoms with Gasteiger partial charge < -0.3 is 25.3 Å². The quantitative estimate of drug-likeness (QED) is 0.642. The molecule has 0 amide bonds. The molecule has 1 aromatic carbocycles. The molecule has 2 aliphatic rings. The van der Waals surface area contributed by atoms with Crippen LogP contribution in [0.2, 0.25) is 0 Å². The minimum absolute atomic E-state index is 0.170. The summed E-state index contributed by atoms with van der Waals surface area (Å²) in [5, 5.41) is 3.09. The van der Waals surface area contributed by atoms with Crippen LogP contribution in [0.1, 0.15) is 19.3 Å². The summed E-state index contributed by atoms with van der Waals surface area (Å²) >= 11 is 0. The monoisotopic (exact) mass is 305 g/mol. The lowest BCUT2D eigenvalue weighted by Gasteiger charge is -2.13. The molecule has 6 nitrogen and oxygen atoms in total. The van der Waals surface area contributed by atoms with Gasteiger partial charge in [-0.1, -0.05) is 0 Å². The lowest BCUT2D eigenvalue weighted by Crippen LogP contribution is -2.26. The van der Waals surface area contributed by atoms with Gasteiger partial charge in [0.05, 0.1) is 25.9 Å². The summed E-state index contributed by atoms with van der Waals surface area (Å²) in [5.74, 6) is 2.53. The highest BCUT2D eigenvalue weighted by atomic mass is 16.5. The molecular formula is C16H23N3O3. The summed E-state index contributed by atoms with van der Waals surface area (Å²) in [6.07, 6.45) is 3.51. The molecule has 1 saturated carbocycles. The molecule has 0 saturated heterocycles. The number of hydrogen-bond acceptors (Lipinski definition) is 4. The largest absolute Gasteiger partial charge is 0.490 e. The second kappa shape index (κ2) is 6.87. The maximum Gasteiger partial charge on any atom is 0.193 e. The van der Waals surface area contributed by atoms with E-state index in [9.17, 15) is 0 Å². The highest BCUT2D eigenvalue weighted by molar-refractivity contribution is 5.92. The van der Waals surface area contributed by atoms with Gasteiger partial charge >= 0.3 is 0 Å². The van der Waals surface area contributed by atoms with E-state index >= 15 is 0 Å². The Bertz CT molecular complexity index is 543. The highest BCUT2D eigenvalue weighted by Crippen LogP contribution is 2.34. The fourth-order valence-corrected chi connectivity index (χ4v) is 2.50. The van der Waals surface area contributed by atoms with Gasteiger partial charge in [0.2, 0.25) is 0 Å². The van der Waals surface area contributed by atoms with Crippen molar-refractivity contribution in [3.63, 3.8) is 0 Å². The second-order valence-corrected chi connectivity index (χ2v) is 5.67. The molecule has 1 fully saturated rings. The van der Waals surface area contributed by atoms with Crippen LogP contribution in [-0.4, -0.2) is 38.9 Å². The summed E-state index contributed by atoms with van der Waals surface area (Å²) in [5.41, 5.74) is 6.79. The molecule has 1 heterocycles. The first kappa shape index (κ1) is 15.0. The average molecular weight is 305 g/mol. The van der Waals surface area contributed by atoms with Gasteiger partial charge in [0.15, 0.2) is 17.5 Å². The van der Waals surface area contributed by atoms with E-state index in [4.69, 9.17) is 19.9 Å². The SMILES string of the molecule is COC(CN=C(N)Nc1ccc2c(c1)OCCCO2)C1CC1. The summed E-state index contributed by atoms with van der Waals surface area (Å²) in [7, 11) is 1.73. The zero-order valence-corrected chi connectivity index (χ0v) is 12.9. The van der Waals surface area contributed by atoms with Crippen molar-refractivity contribution < 1.29 is 14.2 Å². The summed E-state index contributed by atoms with van der Waals surface area (Å²) in [6, 6.07) is 5.68. The topological polar surface area (TPSA) is 78.1 Å². The number of methoxy groups -OCH3 is 1. The summed E-state index contributed by atoms with van der Waals surface area (Å²) < 4.78 is 16.7. The van der Waals surface area contributed by atoms with Crippen molar-refractivity contribution in [3.8, 4) is 11.5 Å². The van der Waals surface area contributed by atoms with E-state index in [-0.39, 0.29) is 6.10 Å². The molecule has 3 rings (SSSR count). The van der Waals surface area contributed by atoms with Crippen LogP contribution in [0.3, 0.4) is 0 Å². The van der Waals surface area contributed by atoms with E-state index < -0.39 is 0 Å². The first-order valence-electron chi connectivity index (χ1n) is 7.75. The van der Waals surface area contributed by atoms with Crippen molar-refractivity contribution in [2.45, 2.75) is 25.4 Å². The molecule has 6 heteroatoms. The van der Waals surface area contributed by atoms with Crippen LogP contribution in [-0.2, 0) is 4.74 Å². The third kappa shape index (κ3) is 3.82. The van der Waals surface area contributed by atoms with Gasteiger partial charge in [-0.3, -0.25) is 4.99 Å². The van der Waals surface area contributed by atoms with Crippen molar-refractivity contribution in [2.75, 3.05) is 32.2 Å². The molecule has 1 aromatic rings. The first-order valence-corrected chi connectivity index (χ1v) is 7.75. The molecular weight excluding hydrogens is 282 g/mol. The number of anilines is 1. The van der Waals surface area contributed by atoms with Crippen molar-refractivity contribution in [2.24, 2.45) is 16.6 Å². The molecule has 0 bridgehead atoms. The molecule has 1 aliphatic carbocycles. The molecule has 1 unspecified atom stereocenters. The number of nitrogens with one attached hydrogen (secondary N) is 1. The predicted molar refractivity (Wildman–Crippen MR) is 85.7 cm³/mol. The molecule has 0 spiro atoms. The van der Waals surface area contributed by atoms with Gasteiger partial charge in [0, 0.05) is 25.3 Å². The van der Waals surface area contributed by atoms with Crippen LogP contribution in [0, 0.1) is 5.92 Å². The minimum Gasteiger partial charge on any atom is -0.490 e. The van der Waals surface area contributed by atoms with Crippen LogP contribution in [0.5, 0.6) is 11.5 Å². The Hall–Kier alpha value is -1.95.